The van der Waals surface area contributed by atoms with Crippen LogP contribution in [0.5, 0.6) is 11.5 Å². The van der Waals surface area contributed by atoms with E-state index in [9.17, 15) is 21.6 Å². The second kappa shape index (κ2) is 9.52. The number of hydrogen-bond acceptors (Lipinski definition) is 4. The van der Waals surface area contributed by atoms with E-state index in [1.54, 1.807) is 68.4 Å². The number of ether oxygens (including phenoxy) is 2. The van der Waals surface area contributed by atoms with Gasteiger partial charge < -0.3 is 9.47 Å². The Morgan fingerprint density at radius 2 is 1.53 bits per heavy atom. The molecule has 0 heterocycles. The Labute approximate surface area is 213 Å². The standard InChI is InChI=1S/C26H25ClF3NO4S/c1-17(2)34-23-13-19(14-24(16-23)35-26(28,29)30)25(9-10-25)18-11-20(27)15-22(12-18)31(36(3,32)33)21-7-5-4-6-8-21/h4-8,11-17H,9-10H2,1-3H3. The number of sulfonamides is 1. The van der Waals surface area contributed by atoms with Gasteiger partial charge in [-0.15, -0.1) is 13.2 Å². The van der Waals surface area contributed by atoms with Crippen molar-refractivity contribution in [2.24, 2.45) is 0 Å². The second-order valence-electron chi connectivity index (χ2n) is 9.05. The van der Waals surface area contributed by atoms with Crippen LogP contribution in [-0.2, 0) is 15.4 Å². The molecule has 3 aromatic rings. The molecule has 1 aliphatic carbocycles. The molecule has 1 fully saturated rings. The molecule has 0 N–H and O–H groups in total. The quantitative estimate of drug-likeness (QED) is 0.304. The van der Waals surface area contributed by atoms with E-state index in [4.69, 9.17) is 16.3 Å². The zero-order valence-electron chi connectivity index (χ0n) is 19.8. The smallest absolute Gasteiger partial charge is 0.491 e. The summed E-state index contributed by atoms with van der Waals surface area (Å²) in [5.41, 5.74) is 1.36. The molecule has 0 bridgehead atoms. The monoisotopic (exact) mass is 539 g/mol. The maximum Gasteiger partial charge on any atom is 0.573 e. The molecule has 0 spiro atoms. The van der Waals surface area contributed by atoms with E-state index in [1.807, 2.05) is 0 Å². The van der Waals surface area contributed by atoms with E-state index < -0.39 is 21.8 Å². The Hall–Kier alpha value is -2.91. The van der Waals surface area contributed by atoms with Crippen LogP contribution in [0.1, 0.15) is 37.8 Å². The van der Waals surface area contributed by atoms with Gasteiger partial charge in [0, 0.05) is 16.5 Å². The van der Waals surface area contributed by atoms with E-state index in [0.717, 1.165) is 6.26 Å². The minimum atomic E-state index is -4.86. The SMILES string of the molecule is CC(C)Oc1cc(OC(F)(F)F)cc(C2(c3cc(Cl)cc(N(c4ccccc4)S(C)(=O)=O)c3)CC2)c1. The molecule has 0 aromatic heterocycles. The molecule has 5 nitrogen and oxygen atoms in total. The normalized spacial score (nSPS) is 15.0. The topological polar surface area (TPSA) is 55.8 Å². The van der Waals surface area contributed by atoms with Gasteiger partial charge in [-0.3, -0.25) is 0 Å². The number of benzene rings is 3. The Kier molecular flexibility index (Phi) is 6.92. The van der Waals surface area contributed by atoms with E-state index >= 15 is 0 Å². The third-order valence-electron chi connectivity index (χ3n) is 5.78. The van der Waals surface area contributed by atoms with Crippen molar-refractivity contribution in [2.75, 3.05) is 10.6 Å². The fourth-order valence-electron chi connectivity index (χ4n) is 4.31. The summed E-state index contributed by atoms with van der Waals surface area (Å²) in [7, 11) is -3.73. The fraction of sp³-hybridized carbons (Fsp3) is 0.308. The van der Waals surface area contributed by atoms with E-state index in [-0.39, 0.29) is 17.6 Å². The average molecular weight is 540 g/mol. The minimum Gasteiger partial charge on any atom is -0.491 e. The summed E-state index contributed by atoms with van der Waals surface area (Å²) in [6.07, 6.45) is -2.76. The van der Waals surface area contributed by atoms with Crippen LogP contribution in [0.4, 0.5) is 24.5 Å². The predicted molar refractivity (Wildman–Crippen MR) is 134 cm³/mol. The van der Waals surface area contributed by atoms with Crippen molar-refractivity contribution in [2.45, 2.75) is 44.6 Å². The van der Waals surface area contributed by atoms with Crippen molar-refractivity contribution in [1.82, 2.24) is 0 Å². The molecule has 4 rings (SSSR count). The van der Waals surface area contributed by atoms with Crippen molar-refractivity contribution in [1.29, 1.82) is 0 Å². The lowest BCUT2D eigenvalue weighted by molar-refractivity contribution is -0.274. The highest BCUT2D eigenvalue weighted by atomic mass is 35.5. The zero-order chi connectivity index (χ0) is 26.3. The summed E-state index contributed by atoms with van der Waals surface area (Å²) < 4.78 is 75.7. The summed E-state index contributed by atoms with van der Waals surface area (Å²) in [4.78, 5) is 0. The predicted octanol–water partition coefficient (Wildman–Crippen LogP) is 7.20. The average Bonchev–Trinajstić information content (AvgIpc) is 3.53. The molecule has 0 aliphatic heterocycles. The first-order valence-corrected chi connectivity index (χ1v) is 13.4. The number of anilines is 2. The first kappa shape index (κ1) is 26.2. The van der Waals surface area contributed by atoms with Crippen LogP contribution in [-0.4, -0.2) is 27.1 Å². The Morgan fingerprint density at radius 1 is 0.917 bits per heavy atom. The molecule has 36 heavy (non-hydrogen) atoms. The number of nitrogens with zero attached hydrogens (tertiary/aromatic N) is 1. The van der Waals surface area contributed by atoms with Gasteiger partial charge in [-0.2, -0.15) is 0 Å². The van der Waals surface area contributed by atoms with Crippen molar-refractivity contribution >= 4 is 33.0 Å². The molecule has 1 saturated carbocycles. The molecule has 0 atom stereocenters. The van der Waals surface area contributed by atoms with Crippen molar-refractivity contribution < 1.29 is 31.1 Å². The minimum absolute atomic E-state index is 0.248. The lowest BCUT2D eigenvalue weighted by Gasteiger charge is -2.26. The molecule has 0 saturated heterocycles. The van der Waals surface area contributed by atoms with Gasteiger partial charge in [-0.1, -0.05) is 29.8 Å². The maximum absolute atomic E-state index is 13.0. The maximum atomic E-state index is 13.0. The van der Waals surface area contributed by atoms with Gasteiger partial charge in [0.05, 0.1) is 23.7 Å². The highest BCUT2D eigenvalue weighted by Crippen LogP contribution is 2.56. The Balaban J connectivity index is 1.83. The number of rotatable bonds is 8. The molecule has 10 heteroatoms. The van der Waals surface area contributed by atoms with Gasteiger partial charge in [0.25, 0.3) is 0 Å². The third kappa shape index (κ3) is 5.90. The van der Waals surface area contributed by atoms with Gasteiger partial charge >= 0.3 is 6.36 Å². The van der Waals surface area contributed by atoms with E-state index in [1.165, 1.54) is 16.4 Å². The van der Waals surface area contributed by atoms with Gasteiger partial charge in [0.15, 0.2) is 0 Å². The zero-order valence-corrected chi connectivity index (χ0v) is 21.4. The van der Waals surface area contributed by atoms with Gasteiger partial charge in [-0.05, 0) is 80.3 Å². The molecule has 3 aromatic carbocycles. The van der Waals surface area contributed by atoms with Crippen molar-refractivity contribution in [3.8, 4) is 11.5 Å². The van der Waals surface area contributed by atoms with Crippen LogP contribution in [0, 0.1) is 0 Å². The second-order valence-corrected chi connectivity index (χ2v) is 11.3. The summed E-state index contributed by atoms with van der Waals surface area (Å²) in [5.74, 6) is -0.136. The fourth-order valence-corrected chi connectivity index (χ4v) is 5.54. The third-order valence-corrected chi connectivity index (χ3v) is 7.08. The Morgan fingerprint density at radius 3 is 2.08 bits per heavy atom. The van der Waals surface area contributed by atoms with Crippen LogP contribution in [0.2, 0.25) is 5.02 Å². The summed E-state index contributed by atoms with van der Waals surface area (Å²) >= 11 is 6.45. The van der Waals surface area contributed by atoms with Crippen molar-refractivity contribution in [3.05, 3.63) is 82.9 Å². The highest BCUT2D eigenvalue weighted by Gasteiger charge is 2.47. The van der Waals surface area contributed by atoms with Gasteiger partial charge in [0.2, 0.25) is 10.0 Å². The molecule has 0 radical (unpaired) electrons. The first-order valence-electron chi connectivity index (χ1n) is 11.2. The van der Waals surface area contributed by atoms with Crippen LogP contribution in [0.25, 0.3) is 0 Å². The van der Waals surface area contributed by atoms with E-state index in [0.29, 0.717) is 40.4 Å². The Bertz CT molecular complexity index is 1360. The molecule has 1 aliphatic rings. The van der Waals surface area contributed by atoms with Gasteiger partial charge in [0.1, 0.15) is 11.5 Å². The van der Waals surface area contributed by atoms with Gasteiger partial charge in [-0.25, -0.2) is 12.7 Å². The van der Waals surface area contributed by atoms with Crippen LogP contribution < -0.4 is 13.8 Å². The number of halogens is 4. The van der Waals surface area contributed by atoms with Crippen molar-refractivity contribution in [3.63, 3.8) is 0 Å². The number of alkyl halides is 3. The van der Waals surface area contributed by atoms with Crippen LogP contribution in [0.3, 0.4) is 0 Å². The summed E-state index contributed by atoms with van der Waals surface area (Å²) in [6.45, 7) is 3.55. The number of para-hydroxylation sites is 1. The van der Waals surface area contributed by atoms with Crippen LogP contribution >= 0.6 is 11.6 Å². The van der Waals surface area contributed by atoms with Crippen LogP contribution in [0.15, 0.2) is 66.7 Å². The molecule has 192 valence electrons. The molecular weight excluding hydrogens is 515 g/mol. The van der Waals surface area contributed by atoms with E-state index in [2.05, 4.69) is 4.74 Å². The lowest BCUT2D eigenvalue weighted by Crippen LogP contribution is -2.25. The highest BCUT2D eigenvalue weighted by molar-refractivity contribution is 7.92. The molecular formula is C26H25ClF3NO4S. The first-order chi connectivity index (χ1) is 16.8. The largest absolute Gasteiger partial charge is 0.573 e. The molecule has 0 amide bonds. The number of hydrogen-bond donors (Lipinski definition) is 0. The summed E-state index contributed by atoms with van der Waals surface area (Å²) in [5, 5.41) is 0.305. The summed E-state index contributed by atoms with van der Waals surface area (Å²) in [6, 6.07) is 17.8. The molecule has 0 unspecified atom stereocenters. The lowest BCUT2D eigenvalue weighted by atomic mass is 9.87.